The van der Waals surface area contributed by atoms with Crippen LogP contribution in [-0.4, -0.2) is 6.54 Å². The Hall–Kier alpha value is -2.39. The molecule has 0 bridgehead atoms. The minimum absolute atomic E-state index is 0.280. The Kier molecular flexibility index (Phi) is 5.11. The average molecular weight is 321 g/mol. The average Bonchev–Trinajstić information content (AvgIpc) is 2.59. The van der Waals surface area contributed by atoms with Crippen molar-refractivity contribution in [3.8, 4) is 0 Å². The van der Waals surface area contributed by atoms with Crippen LogP contribution in [0.2, 0.25) is 0 Å². The van der Waals surface area contributed by atoms with E-state index in [1.165, 1.54) is 5.56 Å². The highest BCUT2D eigenvalue weighted by Crippen LogP contribution is 2.23. The van der Waals surface area contributed by atoms with Crippen molar-refractivity contribution in [2.45, 2.75) is 33.2 Å². The molecule has 3 heteroatoms. The number of benzene rings is 2. The van der Waals surface area contributed by atoms with Crippen LogP contribution in [0.5, 0.6) is 0 Å². The summed E-state index contributed by atoms with van der Waals surface area (Å²) < 4.78 is 5.42. The molecule has 1 N–H and O–H groups in total. The summed E-state index contributed by atoms with van der Waals surface area (Å²) in [7, 11) is 0. The standard InChI is InChI=1S/C21H23NO2/c1-15-10-11-19-18(13-20(23)24-21(19)16(15)2)14-22-12-6-9-17-7-4-3-5-8-17/h3-5,7-8,10-11,13,22H,6,9,12,14H2,1-2H3. The van der Waals surface area contributed by atoms with Gasteiger partial charge >= 0.3 is 5.63 Å². The van der Waals surface area contributed by atoms with Crippen LogP contribution < -0.4 is 10.9 Å². The zero-order valence-corrected chi connectivity index (χ0v) is 14.3. The Balaban J connectivity index is 1.65. The molecule has 24 heavy (non-hydrogen) atoms. The van der Waals surface area contributed by atoms with Gasteiger partial charge in [0, 0.05) is 18.0 Å². The summed E-state index contributed by atoms with van der Waals surface area (Å²) in [5.74, 6) is 0. The van der Waals surface area contributed by atoms with Gasteiger partial charge < -0.3 is 9.73 Å². The van der Waals surface area contributed by atoms with Gasteiger partial charge in [0.1, 0.15) is 5.58 Å². The molecule has 0 saturated heterocycles. The van der Waals surface area contributed by atoms with E-state index in [-0.39, 0.29) is 5.63 Å². The number of hydrogen-bond donors (Lipinski definition) is 1. The maximum absolute atomic E-state index is 11.8. The van der Waals surface area contributed by atoms with Gasteiger partial charge in [-0.2, -0.15) is 0 Å². The first-order valence-electron chi connectivity index (χ1n) is 8.43. The molecule has 0 aliphatic heterocycles. The van der Waals surface area contributed by atoms with Crippen LogP contribution in [0.15, 0.2) is 57.7 Å². The number of rotatable bonds is 6. The van der Waals surface area contributed by atoms with Crippen molar-refractivity contribution >= 4 is 11.0 Å². The minimum atomic E-state index is -0.280. The van der Waals surface area contributed by atoms with Crippen LogP contribution in [0.4, 0.5) is 0 Å². The van der Waals surface area contributed by atoms with Gasteiger partial charge in [-0.3, -0.25) is 0 Å². The van der Waals surface area contributed by atoms with Crippen LogP contribution in [-0.2, 0) is 13.0 Å². The number of nitrogens with one attached hydrogen (secondary N) is 1. The van der Waals surface area contributed by atoms with Crippen LogP contribution >= 0.6 is 0 Å². The molecule has 3 aromatic rings. The summed E-state index contributed by atoms with van der Waals surface area (Å²) in [4.78, 5) is 11.8. The predicted octanol–water partition coefficient (Wildman–Crippen LogP) is 4.13. The molecule has 1 heterocycles. The third kappa shape index (κ3) is 3.74. The Morgan fingerprint density at radius 3 is 2.62 bits per heavy atom. The second-order valence-electron chi connectivity index (χ2n) is 6.24. The van der Waals surface area contributed by atoms with E-state index in [1.54, 1.807) is 6.07 Å². The minimum Gasteiger partial charge on any atom is -0.422 e. The third-order valence-corrected chi connectivity index (χ3v) is 4.49. The van der Waals surface area contributed by atoms with Gasteiger partial charge in [-0.15, -0.1) is 0 Å². The fourth-order valence-corrected chi connectivity index (χ4v) is 2.96. The molecule has 0 unspecified atom stereocenters. The van der Waals surface area contributed by atoms with Gasteiger partial charge in [-0.05, 0) is 55.5 Å². The molecule has 2 aromatic carbocycles. The van der Waals surface area contributed by atoms with Crippen molar-refractivity contribution in [1.29, 1.82) is 0 Å². The highest BCUT2D eigenvalue weighted by atomic mass is 16.4. The highest BCUT2D eigenvalue weighted by Gasteiger charge is 2.09. The lowest BCUT2D eigenvalue weighted by molar-refractivity contribution is 0.553. The molecule has 0 radical (unpaired) electrons. The van der Waals surface area contributed by atoms with Gasteiger partial charge in [0.05, 0.1) is 0 Å². The van der Waals surface area contributed by atoms with Crippen molar-refractivity contribution in [3.05, 3.63) is 81.2 Å². The van der Waals surface area contributed by atoms with E-state index >= 15 is 0 Å². The van der Waals surface area contributed by atoms with E-state index in [4.69, 9.17) is 4.42 Å². The maximum Gasteiger partial charge on any atom is 0.336 e. The van der Waals surface area contributed by atoms with Gasteiger partial charge in [-0.1, -0.05) is 42.5 Å². The SMILES string of the molecule is Cc1ccc2c(CNCCCc3ccccc3)cc(=O)oc2c1C. The lowest BCUT2D eigenvalue weighted by Crippen LogP contribution is -2.17. The molecule has 3 rings (SSSR count). The zero-order chi connectivity index (χ0) is 16.9. The fourth-order valence-electron chi connectivity index (χ4n) is 2.96. The van der Waals surface area contributed by atoms with E-state index in [0.717, 1.165) is 41.5 Å². The summed E-state index contributed by atoms with van der Waals surface area (Å²) in [6.07, 6.45) is 2.13. The largest absolute Gasteiger partial charge is 0.422 e. The normalized spacial score (nSPS) is 11.1. The maximum atomic E-state index is 11.8. The molecule has 0 amide bonds. The van der Waals surface area contributed by atoms with Crippen molar-refractivity contribution in [2.75, 3.05) is 6.54 Å². The Labute approximate surface area is 142 Å². The third-order valence-electron chi connectivity index (χ3n) is 4.49. The van der Waals surface area contributed by atoms with Crippen LogP contribution in [0, 0.1) is 13.8 Å². The first-order valence-corrected chi connectivity index (χ1v) is 8.43. The van der Waals surface area contributed by atoms with E-state index in [9.17, 15) is 4.79 Å². The summed E-state index contributed by atoms with van der Waals surface area (Å²) in [5.41, 5.74) is 4.97. The fraction of sp³-hybridized carbons (Fsp3) is 0.286. The molecular formula is C21H23NO2. The van der Waals surface area contributed by atoms with E-state index < -0.39 is 0 Å². The predicted molar refractivity (Wildman–Crippen MR) is 98.4 cm³/mol. The van der Waals surface area contributed by atoms with Crippen LogP contribution in [0.3, 0.4) is 0 Å². The van der Waals surface area contributed by atoms with E-state index in [0.29, 0.717) is 12.1 Å². The summed E-state index contributed by atoms with van der Waals surface area (Å²) in [6.45, 7) is 5.63. The van der Waals surface area contributed by atoms with Gasteiger partial charge in [0.25, 0.3) is 0 Å². The summed E-state index contributed by atoms with van der Waals surface area (Å²) in [6, 6.07) is 16.2. The molecule has 0 aliphatic carbocycles. The van der Waals surface area contributed by atoms with Gasteiger partial charge in [-0.25, -0.2) is 4.79 Å². The topological polar surface area (TPSA) is 42.2 Å². The summed E-state index contributed by atoms with van der Waals surface area (Å²) >= 11 is 0. The molecule has 0 spiro atoms. The van der Waals surface area contributed by atoms with Crippen molar-refractivity contribution < 1.29 is 4.42 Å². The number of aryl methyl sites for hydroxylation is 3. The Bertz CT molecular complexity index is 881. The van der Waals surface area contributed by atoms with Crippen LogP contribution in [0.1, 0.15) is 28.7 Å². The van der Waals surface area contributed by atoms with E-state index in [2.05, 4.69) is 35.6 Å². The van der Waals surface area contributed by atoms with Crippen molar-refractivity contribution in [2.24, 2.45) is 0 Å². The number of fused-ring (bicyclic) bond motifs is 1. The molecule has 0 saturated carbocycles. The molecule has 3 nitrogen and oxygen atoms in total. The smallest absolute Gasteiger partial charge is 0.336 e. The van der Waals surface area contributed by atoms with Crippen LogP contribution in [0.25, 0.3) is 11.0 Å². The molecule has 1 aromatic heterocycles. The second kappa shape index (κ2) is 7.45. The van der Waals surface area contributed by atoms with Crippen molar-refractivity contribution in [3.63, 3.8) is 0 Å². The highest BCUT2D eigenvalue weighted by molar-refractivity contribution is 5.83. The van der Waals surface area contributed by atoms with Gasteiger partial charge in [0.15, 0.2) is 0 Å². The first kappa shape index (κ1) is 16.5. The first-order chi connectivity index (χ1) is 11.6. The second-order valence-corrected chi connectivity index (χ2v) is 6.24. The summed E-state index contributed by atoms with van der Waals surface area (Å²) in [5, 5.41) is 4.47. The molecular weight excluding hydrogens is 298 g/mol. The van der Waals surface area contributed by atoms with Gasteiger partial charge in [0.2, 0.25) is 0 Å². The lowest BCUT2D eigenvalue weighted by atomic mass is 10.0. The monoisotopic (exact) mass is 321 g/mol. The van der Waals surface area contributed by atoms with E-state index in [1.807, 2.05) is 26.0 Å². The molecule has 0 fully saturated rings. The Morgan fingerprint density at radius 1 is 1.04 bits per heavy atom. The quantitative estimate of drug-likeness (QED) is 0.548. The Morgan fingerprint density at radius 2 is 1.83 bits per heavy atom. The molecule has 0 aliphatic rings. The van der Waals surface area contributed by atoms with Crippen molar-refractivity contribution in [1.82, 2.24) is 5.32 Å². The molecule has 0 atom stereocenters. The zero-order valence-electron chi connectivity index (χ0n) is 14.3. The lowest BCUT2D eigenvalue weighted by Gasteiger charge is -2.10. The molecule has 124 valence electrons. The number of hydrogen-bond acceptors (Lipinski definition) is 3.